The van der Waals surface area contributed by atoms with Crippen LogP contribution in [-0.2, 0) is 19.1 Å². The lowest BCUT2D eigenvalue weighted by atomic mass is 9.97. The van der Waals surface area contributed by atoms with Crippen molar-refractivity contribution < 1.29 is 23.9 Å². The molecule has 0 aromatic carbocycles. The first kappa shape index (κ1) is 12.5. The number of likely N-dealkylation sites (tertiary alicyclic amines) is 1. The van der Waals surface area contributed by atoms with Crippen molar-refractivity contribution >= 4 is 17.8 Å². The maximum atomic E-state index is 11.5. The number of amides is 1. The molecule has 6 nitrogen and oxygen atoms in total. The third-order valence-corrected chi connectivity index (χ3v) is 2.42. The number of methoxy groups -OCH3 is 1. The van der Waals surface area contributed by atoms with Crippen LogP contribution in [0.4, 0.5) is 4.79 Å². The molecule has 0 N–H and O–H groups in total. The Morgan fingerprint density at radius 2 is 2.19 bits per heavy atom. The minimum absolute atomic E-state index is 0.0460. The summed E-state index contributed by atoms with van der Waals surface area (Å²) in [4.78, 5) is 35.5. The summed E-state index contributed by atoms with van der Waals surface area (Å²) in [6.45, 7) is 2.23. The molecule has 0 radical (unpaired) electrons. The fraction of sp³-hybridized carbons (Fsp3) is 0.700. The van der Waals surface area contributed by atoms with Crippen LogP contribution in [0.15, 0.2) is 0 Å². The first-order chi connectivity index (χ1) is 7.60. The summed E-state index contributed by atoms with van der Waals surface area (Å²) in [7, 11) is 1.26. The van der Waals surface area contributed by atoms with Gasteiger partial charge in [0.1, 0.15) is 5.92 Å². The maximum Gasteiger partial charge on any atom is 0.409 e. The highest BCUT2D eigenvalue weighted by atomic mass is 16.5. The predicted octanol–water partition coefficient (Wildman–Crippen LogP) is 0.207. The fourth-order valence-electron chi connectivity index (χ4n) is 1.58. The number of piperidine rings is 1. The first-order valence-electron chi connectivity index (χ1n) is 5.12. The number of hydrogen-bond donors (Lipinski definition) is 0. The Kier molecular flexibility index (Phi) is 4.28. The summed E-state index contributed by atoms with van der Waals surface area (Å²) < 4.78 is 9.31. The molecule has 1 aliphatic heterocycles. The number of carbonyl (C=O) groups is 3. The lowest BCUT2D eigenvalue weighted by Crippen LogP contribution is -2.47. The largest absolute Gasteiger partial charge is 0.465 e. The van der Waals surface area contributed by atoms with Crippen LogP contribution in [0.3, 0.4) is 0 Å². The van der Waals surface area contributed by atoms with Crippen molar-refractivity contribution in [1.82, 2.24) is 4.90 Å². The van der Waals surface area contributed by atoms with Crippen molar-refractivity contribution in [3.05, 3.63) is 0 Å². The summed E-state index contributed by atoms with van der Waals surface area (Å²) in [5.74, 6) is -1.62. The van der Waals surface area contributed by atoms with E-state index in [0.29, 0.717) is 6.54 Å². The van der Waals surface area contributed by atoms with Crippen molar-refractivity contribution in [2.45, 2.75) is 13.3 Å². The van der Waals surface area contributed by atoms with Gasteiger partial charge in [-0.1, -0.05) is 0 Å². The van der Waals surface area contributed by atoms with E-state index >= 15 is 0 Å². The topological polar surface area (TPSA) is 72.9 Å². The third-order valence-electron chi connectivity index (χ3n) is 2.42. The second kappa shape index (κ2) is 5.48. The molecule has 1 atom stereocenters. The molecule has 1 aliphatic rings. The molecule has 1 rings (SSSR count). The zero-order valence-corrected chi connectivity index (χ0v) is 9.39. The van der Waals surface area contributed by atoms with Crippen molar-refractivity contribution in [3.63, 3.8) is 0 Å². The molecule has 0 aliphatic carbocycles. The van der Waals surface area contributed by atoms with E-state index in [-0.39, 0.29) is 25.4 Å². The number of rotatable bonds is 2. The second-order valence-electron chi connectivity index (χ2n) is 3.44. The van der Waals surface area contributed by atoms with E-state index in [2.05, 4.69) is 4.74 Å². The van der Waals surface area contributed by atoms with Gasteiger partial charge in [-0.25, -0.2) is 4.79 Å². The molecule has 0 spiro atoms. The highest BCUT2D eigenvalue weighted by molar-refractivity contribution is 6.00. The fourth-order valence-corrected chi connectivity index (χ4v) is 1.58. The van der Waals surface area contributed by atoms with E-state index in [9.17, 15) is 14.4 Å². The van der Waals surface area contributed by atoms with Crippen LogP contribution in [0.5, 0.6) is 0 Å². The average molecular weight is 229 g/mol. The number of Topliss-reactive ketones (excluding diaryl/α,β-unsaturated/α-hetero) is 1. The summed E-state index contributed by atoms with van der Waals surface area (Å²) >= 11 is 0. The standard InChI is InChI=1S/C10H15NO5/c1-3-16-9(13)7-6-11(10(14)15-2)5-4-8(7)12/h7H,3-6H2,1-2H3. The summed E-state index contributed by atoms with van der Waals surface area (Å²) in [5, 5.41) is 0. The molecular formula is C10H15NO5. The SMILES string of the molecule is CCOC(=O)C1CN(C(=O)OC)CCC1=O. The number of hydrogen-bond acceptors (Lipinski definition) is 5. The van der Waals surface area contributed by atoms with Crippen molar-refractivity contribution in [3.8, 4) is 0 Å². The second-order valence-corrected chi connectivity index (χ2v) is 3.44. The van der Waals surface area contributed by atoms with Crippen molar-refractivity contribution in [2.75, 3.05) is 26.8 Å². The van der Waals surface area contributed by atoms with Gasteiger partial charge < -0.3 is 14.4 Å². The number of ketones is 1. The molecule has 1 fully saturated rings. The van der Waals surface area contributed by atoms with E-state index < -0.39 is 18.0 Å². The summed E-state index contributed by atoms with van der Waals surface area (Å²) in [6.07, 6.45) is -0.361. The van der Waals surface area contributed by atoms with E-state index in [1.165, 1.54) is 12.0 Å². The normalized spacial score (nSPS) is 20.5. The summed E-state index contributed by atoms with van der Waals surface area (Å²) in [5.41, 5.74) is 0. The Hall–Kier alpha value is -1.59. The minimum Gasteiger partial charge on any atom is -0.465 e. The van der Waals surface area contributed by atoms with Gasteiger partial charge in [0.25, 0.3) is 0 Å². The number of ether oxygens (including phenoxy) is 2. The van der Waals surface area contributed by atoms with Gasteiger partial charge in [0.2, 0.25) is 0 Å². The summed E-state index contributed by atoms with van der Waals surface area (Å²) in [6, 6.07) is 0. The van der Waals surface area contributed by atoms with Gasteiger partial charge in [-0.2, -0.15) is 0 Å². The van der Waals surface area contributed by atoms with E-state index in [4.69, 9.17) is 4.74 Å². The Labute approximate surface area is 93.5 Å². The highest BCUT2D eigenvalue weighted by Crippen LogP contribution is 2.15. The molecule has 0 bridgehead atoms. The van der Waals surface area contributed by atoms with Gasteiger partial charge in [-0.15, -0.1) is 0 Å². The van der Waals surface area contributed by atoms with Crippen LogP contribution in [0.2, 0.25) is 0 Å². The van der Waals surface area contributed by atoms with Crippen LogP contribution in [0.25, 0.3) is 0 Å². The lowest BCUT2D eigenvalue weighted by molar-refractivity contribution is -0.153. The Morgan fingerprint density at radius 1 is 1.50 bits per heavy atom. The minimum atomic E-state index is -0.868. The zero-order chi connectivity index (χ0) is 12.1. The number of nitrogens with zero attached hydrogens (tertiary/aromatic N) is 1. The van der Waals surface area contributed by atoms with Gasteiger partial charge in [0.15, 0.2) is 5.78 Å². The molecule has 0 aromatic heterocycles. The van der Waals surface area contributed by atoms with Crippen LogP contribution in [0.1, 0.15) is 13.3 Å². The van der Waals surface area contributed by atoms with E-state index in [1.807, 2.05) is 0 Å². The Balaban J connectivity index is 2.65. The van der Waals surface area contributed by atoms with Crippen molar-refractivity contribution in [2.24, 2.45) is 5.92 Å². The van der Waals surface area contributed by atoms with Crippen molar-refractivity contribution in [1.29, 1.82) is 0 Å². The van der Waals surface area contributed by atoms with E-state index in [0.717, 1.165) is 0 Å². The Bertz CT molecular complexity index is 302. The predicted molar refractivity (Wildman–Crippen MR) is 53.7 cm³/mol. The molecule has 6 heteroatoms. The van der Waals surface area contributed by atoms with Crippen LogP contribution >= 0.6 is 0 Å². The lowest BCUT2D eigenvalue weighted by Gasteiger charge is -2.29. The molecule has 1 saturated heterocycles. The van der Waals surface area contributed by atoms with Gasteiger partial charge in [0, 0.05) is 19.5 Å². The average Bonchev–Trinajstić information content (AvgIpc) is 2.29. The smallest absolute Gasteiger partial charge is 0.409 e. The van der Waals surface area contributed by atoms with Gasteiger partial charge >= 0.3 is 12.1 Å². The molecule has 1 heterocycles. The zero-order valence-electron chi connectivity index (χ0n) is 9.39. The van der Waals surface area contributed by atoms with Crippen LogP contribution in [0, 0.1) is 5.92 Å². The number of carbonyl (C=O) groups excluding carboxylic acids is 3. The van der Waals surface area contributed by atoms with Gasteiger partial charge in [0.05, 0.1) is 13.7 Å². The first-order valence-corrected chi connectivity index (χ1v) is 5.12. The van der Waals surface area contributed by atoms with Crippen LogP contribution in [-0.4, -0.2) is 49.6 Å². The molecule has 90 valence electrons. The molecular weight excluding hydrogens is 214 g/mol. The number of esters is 1. The highest BCUT2D eigenvalue weighted by Gasteiger charge is 2.35. The van der Waals surface area contributed by atoms with Crippen LogP contribution < -0.4 is 0 Å². The quantitative estimate of drug-likeness (QED) is 0.500. The maximum absolute atomic E-state index is 11.5. The van der Waals surface area contributed by atoms with E-state index in [1.54, 1.807) is 6.92 Å². The van der Waals surface area contributed by atoms with Gasteiger partial charge in [-0.05, 0) is 6.92 Å². The molecule has 1 unspecified atom stereocenters. The molecule has 16 heavy (non-hydrogen) atoms. The Morgan fingerprint density at radius 3 is 2.75 bits per heavy atom. The monoisotopic (exact) mass is 229 g/mol. The third kappa shape index (κ3) is 2.71. The molecule has 0 aromatic rings. The molecule has 1 amide bonds. The molecule has 0 saturated carbocycles. The van der Waals surface area contributed by atoms with Gasteiger partial charge in [-0.3, -0.25) is 9.59 Å².